The summed E-state index contributed by atoms with van der Waals surface area (Å²) in [5.74, 6) is 3.20. The van der Waals surface area contributed by atoms with Gasteiger partial charge < -0.3 is 20.0 Å². The predicted octanol–water partition coefficient (Wildman–Crippen LogP) is 6.85. The molecule has 0 spiro atoms. The zero-order valence-corrected chi connectivity index (χ0v) is 27.2. The van der Waals surface area contributed by atoms with E-state index in [2.05, 4.69) is 62.8 Å². The molecule has 2 aliphatic heterocycles. The summed E-state index contributed by atoms with van der Waals surface area (Å²) in [6.45, 7) is 12.8. The number of aliphatic hydroxyl groups excluding tert-OH is 2. The van der Waals surface area contributed by atoms with Gasteiger partial charge in [-0.3, -0.25) is 0 Å². The zero-order valence-electron chi connectivity index (χ0n) is 24.0. The maximum Gasteiger partial charge on any atom is 0.225 e. The average Bonchev–Trinajstić information content (AvgIpc) is 3.52. The third kappa shape index (κ3) is 6.58. The maximum atomic E-state index is 9.28. The molecule has 0 aromatic carbocycles. The van der Waals surface area contributed by atoms with Gasteiger partial charge in [-0.1, -0.05) is 13.8 Å². The second-order valence-corrected chi connectivity index (χ2v) is 14.1. The Morgan fingerprint density at radius 2 is 1.29 bits per heavy atom. The number of fused-ring (bicyclic) bond motifs is 2. The van der Waals surface area contributed by atoms with Gasteiger partial charge in [0.05, 0.1) is 10.8 Å². The summed E-state index contributed by atoms with van der Waals surface area (Å²) in [4.78, 5) is 25.5. The highest BCUT2D eigenvalue weighted by Gasteiger charge is 2.25. The molecule has 2 aliphatic rings. The van der Waals surface area contributed by atoms with Crippen molar-refractivity contribution in [3.05, 3.63) is 32.0 Å². The number of aromatic nitrogens is 4. The van der Waals surface area contributed by atoms with Gasteiger partial charge in [-0.15, -0.1) is 22.7 Å². The summed E-state index contributed by atoms with van der Waals surface area (Å²) in [5.41, 5.74) is 2.55. The second-order valence-electron chi connectivity index (χ2n) is 11.3. The Balaban J connectivity index is 0.000000165. The zero-order chi connectivity index (χ0) is 29.3. The van der Waals surface area contributed by atoms with Crippen molar-refractivity contribution in [2.24, 2.45) is 11.8 Å². The Morgan fingerprint density at radius 1 is 0.805 bits per heavy atom. The molecule has 0 atom stereocenters. The van der Waals surface area contributed by atoms with E-state index in [1.54, 1.807) is 22.7 Å². The van der Waals surface area contributed by atoms with E-state index < -0.39 is 0 Å². The van der Waals surface area contributed by atoms with E-state index >= 15 is 0 Å². The summed E-state index contributed by atoms with van der Waals surface area (Å²) in [6.07, 6.45) is 4.01. The highest BCUT2D eigenvalue weighted by molar-refractivity contribution is 7.19. The van der Waals surface area contributed by atoms with Gasteiger partial charge in [0.15, 0.2) is 0 Å². The monoisotopic (exact) mass is 636 g/mol. The van der Waals surface area contributed by atoms with Crippen LogP contribution in [0.15, 0.2) is 5.38 Å². The molecule has 2 N–H and O–H groups in total. The first kappa shape index (κ1) is 30.6. The summed E-state index contributed by atoms with van der Waals surface area (Å²) in [6, 6.07) is 0. The van der Waals surface area contributed by atoms with Crippen LogP contribution >= 0.6 is 45.9 Å². The van der Waals surface area contributed by atoms with E-state index in [0.717, 1.165) is 83.9 Å². The van der Waals surface area contributed by atoms with Crippen molar-refractivity contribution >= 4 is 77.9 Å². The highest BCUT2D eigenvalue weighted by atomic mass is 35.5. The van der Waals surface area contributed by atoms with E-state index in [0.29, 0.717) is 28.3 Å². The number of aliphatic hydroxyl groups is 2. The highest BCUT2D eigenvalue weighted by Crippen LogP contribution is 2.39. The SMILES string of the molecule is CC(C)c1csc2nc(Cl)nc(N3CCC(CO)CC3)c12.Cc1sc2nc(Cl)nc(N3CCC(CO)CC3)c2c1C. The van der Waals surface area contributed by atoms with Gasteiger partial charge in [-0.25, -0.2) is 9.97 Å². The van der Waals surface area contributed by atoms with Gasteiger partial charge in [-0.2, -0.15) is 9.97 Å². The largest absolute Gasteiger partial charge is 0.396 e. The number of hydrogen-bond acceptors (Lipinski definition) is 10. The van der Waals surface area contributed by atoms with Gasteiger partial charge in [-0.05, 0) is 97.0 Å². The fourth-order valence-electron chi connectivity index (χ4n) is 5.66. The van der Waals surface area contributed by atoms with Gasteiger partial charge in [0.1, 0.15) is 21.3 Å². The first-order valence-corrected chi connectivity index (χ1v) is 16.7. The van der Waals surface area contributed by atoms with Crippen molar-refractivity contribution in [1.29, 1.82) is 0 Å². The second kappa shape index (κ2) is 13.2. The summed E-state index contributed by atoms with van der Waals surface area (Å²) in [5, 5.41) is 23.6. The van der Waals surface area contributed by atoms with Crippen molar-refractivity contribution in [2.45, 2.75) is 59.3 Å². The molecule has 4 aromatic heterocycles. The molecule has 8 nitrogen and oxygen atoms in total. The molecule has 0 unspecified atom stereocenters. The number of thiophene rings is 2. The Morgan fingerprint density at radius 3 is 1.78 bits per heavy atom. The van der Waals surface area contributed by atoms with E-state index in [4.69, 9.17) is 23.2 Å². The van der Waals surface area contributed by atoms with Crippen LogP contribution < -0.4 is 9.80 Å². The quantitative estimate of drug-likeness (QED) is 0.230. The lowest BCUT2D eigenvalue weighted by atomic mass is 9.97. The first-order chi connectivity index (χ1) is 19.7. The molecule has 12 heteroatoms. The number of hydrogen-bond donors (Lipinski definition) is 2. The molecule has 6 rings (SSSR count). The topological polar surface area (TPSA) is 98.5 Å². The van der Waals surface area contributed by atoms with Crippen molar-refractivity contribution < 1.29 is 10.2 Å². The molecule has 222 valence electrons. The van der Waals surface area contributed by atoms with Crippen LogP contribution in [0.5, 0.6) is 0 Å². The summed E-state index contributed by atoms with van der Waals surface area (Å²) < 4.78 is 0. The fraction of sp³-hybridized carbons (Fsp3) is 0.586. The normalized spacial score (nSPS) is 17.1. The van der Waals surface area contributed by atoms with Crippen LogP contribution in [0, 0.1) is 25.7 Å². The number of piperidine rings is 2. The molecule has 4 aromatic rings. The summed E-state index contributed by atoms with van der Waals surface area (Å²) in [7, 11) is 0. The molecule has 2 fully saturated rings. The lowest BCUT2D eigenvalue weighted by Crippen LogP contribution is -2.35. The van der Waals surface area contributed by atoms with Crippen molar-refractivity contribution in [3.63, 3.8) is 0 Å². The van der Waals surface area contributed by atoms with E-state index in [-0.39, 0.29) is 13.2 Å². The van der Waals surface area contributed by atoms with Crippen LogP contribution in [0.2, 0.25) is 10.6 Å². The molecule has 2 saturated heterocycles. The van der Waals surface area contributed by atoms with Gasteiger partial charge >= 0.3 is 0 Å². The molecule has 0 aliphatic carbocycles. The average molecular weight is 638 g/mol. The van der Waals surface area contributed by atoms with Crippen molar-refractivity contribution in [1.82, 2.24) is 19.9 Å². The Labute approximate surface area is 259 Å². The number of halogens is 2. The van der Waals surface area contributed by atoms with Crippen LogP contribution in [0.25, 0.3) is 20.4 Å². The Bertz CT molecular complexity index is 1490. The standard InChI is InChI=1S/C15H20ClN3OS.C14H18ClN3OS/c1-9(2)11-8-21-14-12(11)13(17-15(16)18-14)19-5-3-10(7-20)4-6-19;1-8-9(2)20-13-11(8)12(16-14(15)17-13)18-5-3-10(7-19)4-6-18/h8-10,20H,3-7H2,1-2H3;10,19H,3-7H2,1-2H3. The number of nitrogens with zero attached hydrogens (tertiary/aromatic N) is 6. The van der Waals surface area contributed by atoms with E-state index in [1.807, 2.05) is 0 Å². The molecule has 0 saturated carbocycles. The van der Waals surface area contributed by atoms with Gasteiger partial charge in [0.2, 0.25) is 10.6 Å². The minimum absolute atomic E-state index is 0.281. The minimum atomic E-state index is 0.281. The lowest BCUT2D eigenvalue weighted by Gasteiger charge is -2.32. The molecule has 41 heavy (non-hydrogen) atoms. The van der Waals surface area contributed by atoms with Crippen LogP contribution in [-0.2, 0) is 0 Å². The third-order valence-corrected chi connectivity index (χ3v) is 10.7. The fourth-order valence-corrected chi connectivity index (χ4v) is 8.21. The van der Waals surface area contributed by atoms with Gasteiger partial charge in [0, 0.05) is 44.3 Å². The first-order valence-electron chi connectivity index (χ1n) is 14.3. The lowest BCUT2D eigenvalue weighted by molar-refractivity contribution is 0.202. The molecule has 0 amide bonds. The van der Waals surface area contributed by atoms with Crippen LogP contribution in [0.4, 0.5) is 11.6 Å². The minimum Gasteiger partial charge on any atom is -0.396 e. The number of anilines is 2. The van der Waals surface area contributed by atoms with Crippen LogP contribution in [0.1, 0.15) is 61.5 Å². The summed E-state index contributed by atoms with van der Waals surface area (Å²) >= 11 is 15.5. The van der Waals surface area contributed by atoms with Gasteiger partial charge in [0.25, 0.3) is 0 Å². The molecule has 6 heterocycles. The molecular formula is C29H38Cl2N6O2S2. The Hall–Kier alpha value is -1.82. The molecule has 0 radical (unpaired) electrons. The van der Waals surface area contributed by atoms with E-state index in [1.165, 1.54) is 16.0 Å². The van der Waals surface area contributed by atoms with E-state index in [9.17, 15) is 10.2 Å². The molecule has 0 bridgehead atoms. The third-order valence-electron chi connectivity index (χ3n) is 8.36. The Kier molecular flexibility index (Phi) is 9.88. The number of aryl methyl sites for hydroxylation is 2. The smallest absolute Gasteiger partial charge is 0.225 e. The van der Waals surface area contributed by atoms with Crippen LogP contribution in [-0.4, -0.2) is 69.5 Å². The predicted molar refractivity (Wildman–Crippen MR) is 172 cm³/mol. The number of rotatable bonds is 5. The maximum absolute atomic E-state index is 9.28. The van der Waals surface area contributed by atoms with Crippen molar-refractivity contribution in [2.75, 3.05) is 49.2 Å². The van der Waals surface area contributed by atoms with Crippen LogP contribution in [0.3, 0.4) is 0 Å². The molecular weight excluding hydrogens is 599 g/mol. The van der Waals surface area contributed by atoms with Crippen molar-refractivity contribution in [3.8, 4) is 0 Å².